The summed E-state index contributed by atoms with van der Waals surface area (Å²) in [7, 11) is 3.46. The van der Waals surface area contributed by atoms with Gasteiger partial charge in [-0.25, -0.2) is 0 Å². The Balaban J connectivity index is 2.10. The molecule has 1 N–H and O–H groups in total. The highest BCUT2D eigenvalue weighted by atomic mass is 16.5. The molecule has 0 aliphatic heterocycles. The first-order valence-electron chi connectivity index (χ1n) is 5.70. The summed E-state index contributed by atoms with van der Waals surface area (Å²) in [6, 6.07) is 0.465. The van der Waals surface area contributed by atoms with E-state index in [1.54, 1.807) is 14.2 Å². The van der Waals surface area contributed by atoms with Crippen molar-refractivity contribution in [2.75, 3.05) is 34.0 Å². The maximum absolute atomic E-state index is 5.72. The molecule has 0 radical (unpaired) electrons. The molecular formula is C11H23NO3. The molecule has 15 heavy (non-hydrogen) atoms. The summed E-state index contributed by atoms with van der Waals surface area (Å²) in [6.07, 6.45) is 2.48. The van der Waals surface area contributed by atoms with Crippen LogP contribution in [0.2, 0.25) is 0 Å². The van der Waals surface area contributed by atoms with Crippen LogP contribution in [0.1, 0.15) is 19.8 Å². The van der Waals surface area contributed by atoms with Crippen LogP contribution in [0.5, 0.6) is 0 Å². The lowest BCUT2D eigenvalue weighted by atomic mass is 9.85. The molecule has 1 aliphatic rings. The molecule has 1 saturated carbocycles. The molecule has 0 aromatic carbocycles. The third-order valence-electron chi connectivity index (χ3n) is 2.81. The minimum absolute atomic E-state index is 0.215. The summed E-state index contributed by atoms with van der Waals surface area (Å²) in [5, 5.41) is 3.38. The van der Waals surface area contributed by atoms with Crippen LogP contribution in [0.25, 0.3) is 0 Å². The van der Waals surface area contributed by atoms with E-state index in [4.69, 9.17) is 14.2 Å². The van der Waals surface area contributed by atoms with E-state index in [2.05, 4.69) is 12.2 Å². The van der Waals surface area contributed by atoms with E-state index < -0.39 is 0 Å². The molecule has 1 aliphatic carbocycles. The van der Waals surface area contributed by atoms with Crippen molar-refractivity contribution >= 4 is 0 Å². The Morgan fingerprint density at radius 2 is 2.07 bits per heavy atom. The Bertz CT molecular complexity index is 166. The van der Waals surface area contributed by atoms with Gasteiger partial charge in [-0.05, 0) is 19.4 Å². The lowest BCUT2D eigenvalue weighted by molar-refractivity contribution is -0.135. The normalized spacial score (nSPS) is 30.2. The van der Waals surface area contributed by atoms with Crippen LogP contribution >= 0.6 is 0 Å². The predicted octanol–water partition coefficient (Wildman–Crippen LogP) is 0.805. The molecule has 0 amide bonds. The topological polar surface area (TPSA) is 39.7 Å². The second kappa shape index (κ2) is 7.17. The Hall–Kier alpha value is -0.160. The fourth-order valence-corrected chi connectivity index (χ4v) is 1.96. The highest BCUT2D eigenvalue weighted by Crippen LogP contribution is 2.26. The van der Waals surface area contributed by atoms with Gasteiger partial charge < -0.3 is 19.5 Å². The van der Waals surface area contributed by atoms with Crippen molar-refractivity contribution in [1.82, 2.24) is 5.32 Å². The second-order valence-electron chi connectivity index (χ2n) is 3.86. The maximum atomic E-state index is 5.72. The van der Waals surface area contributed by atoms with Gasteiger partial charge in [-0.2, -0.15) is 0 Å². The highest BCUT2D eigenvalue weighted by Gasteiger charge is 2.41. The quantitative estimate of drug-likeness (QED) is 0.611. The van der Waals surface area contributed by atoms with Gasteiger partial charge in [-0.3, -0.25) is 0 Å². The molecule has 4 nitrogen and oxygen atoms in total. The second-order valence-corrected chi connectivity index (χ2v) is 3.86. The van der Waals surface area contributed by atoms with Gasteiger partial charge in [0.15, 0.2) is 0 Å². The minimum atomic E-state index is 0.215. The van der Waals surface area contributed by atoms with Crippen molar-refractivity contribution < 1.29 is 14.2 Å². The summed E-state index contributed by atoms with van der Waals surface area (Å²) in [5.74, 6) is 0. The van der Waals surface area contributed by atoms with Crippen molar-refractivity contribution in [2.45, 2.75) is 38.0 Å². The van der Waals surface area contributed by atoms with Crippen LogP contribution in [0.4, 0.5) is 0 Å². The first-order valence-corrected chi connectivity index (χ1v) is 5.70. The van der Waals surface area contributed by atoms with Gasteiger partial charge in [0.05, 0.1) is 12.2 Å². The molecule has 1 fully saturated rings. The maximum Gasteiger partial charge on any atom is 0.0986 e. The van der Waals surface area contributed by atoms with E-state index in [-0.39, 0.29) is 12.2 Å². The fraction of sp³-hybridized carbons (Fsp3) is 1.00. The SMILES string of the molecule is CCNC1CC(OCCCOC)C1OC. The smallest absolute Gasteiger partial charge is 0.0986 e. The van der Waals surface area contributed by atoms with Crippen LogP contribution < -0.4 is 5.32 Å². The summed E-state index contributed by atoms with van der Waals surface area (Å²) in [5.41, 5.74) is 0. The molecule has 3 unspecified atom stereocenters. The summed E-state index contributed by atoms with van der Waals surface area (Å²) < 4.78 is 16.1. The molecule has 4 heteroatoms. The molecule has 0 spiro atoms. The zero-order valence-electron chi connectivity index (χ0n) is 9.99. The number of likely N-dealkylation sites (N-methyl/N-ethyl adjacent to an activating group) is 1. The number of rotatable bonds is 8. The molecule has 0 bridgehead atoms. The van der Waals surface area contributed by atoms with Crippen LogP contribution in [0.15, 0.2) is 0 Å². The largest absolute Gasteiger partial charge is 0.385 e. The Labute approximate surface area is 92.3 Å². The van der Waals surface area contributed by atoms with E-state index in [0.29, 0.717) is 6.04 Å². The molecule has 1 rings (SSSR count). The molecule has 90 valence electrons. The fourth-order valence-electron chi connectivity index (χ4n) is 1.96. The lowest BCUT2D eigenvalue weighted by Gasteiger charge is -2.43. The van der Waals surface area contributed by atoms with Crippen LogP contribution in [0.3, 0.4) is 0 Å². The molecule has 0 aromatic heterocycles. The molecule has 0 saturated heterocycles. The zero-order chi connectivity index (χ0) is 11.1. The average Bonchev–Trinajstić information content (AvgIpc) is 2.21. The van der Waals surface area contributed by atoms with Gasteiger partial charge in [-0.15, -0.1) is 0 Å². The molecule has 0 aromatic rings. The van der Waals surface area contributed by atoms with E-state index in [1.165, 1.54) is 0 Å². The van der Waals surface area contributed by atoms with Crippen molar-refractivity contribution in [3.05, 3.63) is 0 Å². The number of methoxy groups -OCH3 is 2. The van der Waals surface area contributed by atoms with Gasteiger partial charge in [0, 0.05) is 33.5 Å². The van der Waals surface area contributed by atoms with Crippen molar-refractivity contribution in [1.29, 1.82) is 0 Å². The number of nitrogens with one attached hydrogen (secondary N) is 1. The zero-order valence-corrected chi connectivity index (χ0v) is 9.99. The van der Waals surface area contributed by atoms with Crippen LogP contribution in [-0.2, 0) is 14.2 Å². The minimum Gasteiger partial charge on any atom is -0.385 e. The molecular weight excluding hydrogens is 194 g/mol. The number of hydrogen-bond donors (Lipinski definition) is 1. The van der Waals surface area contributed by atoms with Crippen LogP contribution in [-0.4, -0.2) is 52.2 Å². The van der Waals surface area contributed by atoms with E-state index in [1.807, 2.05) is 0 Å². The Morgan fingerprint density at radius 3 is 2.67 bits per heavy atom. The van der Waals surface area contributed by atoms with Crippen LogP contribution in [0, 0.1) is 0 Å². The van der Waals surface area contributed by atoms with Gasteiger partial charge in [0.1, 0.15) is 0 Å². The van der Waals surface area contributed by atoms with E-state index in [0.717, 1.165) is 32.6 Å². The molecule has 0 heterocycles. The predicted molar refractivity (Wildman–Crippen MR) is 59.1 cm³/mol. The van der Waals surface area contributed by atoms with Gasteiger partial charge in [0.2, 0.25) is 0 Å². The van der Waals surface area contributed by atoms with Gasteiger partial charge in [-0.1, -0.05) is 6.92 Å². The van der Waals surface area contributed by atoms with E-state index in [9.17, 15) is 0 Å². The van der Waals surface area contributed by atoms with Crippen molar-refractivity contribution in [3.8, 4) is 0 Å². The first-order chi connectivity index (χ1) is 7.33. The van der Waals surface area contributed by atoms with Crippen molar-refractivity contribution in [2.24, 2.45) is 0 Å². The summed E-state index contributed by atoms with van der Waals surface area (Å²) in [4.78, 5) is 0. The standard InChI is InChI=1S/C11H23NO3/c1-4-12-9-8-10(11(9)14-3)15-7-5-6-13-2/h9-12H,4-8H2,1-3H3. The number of ether oxygens (including phenoxy) is 3. The third-order valence-corrected chi connectivity index (χ3v) is 2.81. The molecule has 3 atom stereocenters. The lowest BCUT2D eigenvalue weighted by Crippen LogP contribution is -2.59. The number of hydrogen-bond acceptors (Lipinski definition) is 4. The Morgan fingerprint density at radius 1 is 1.27 bits per heavy atom. The highest BCUT2D eigenvalue weighted by molar-refractivity contribution is 4.96. The monoisotopic (exact) mass is 217 g/mol. The first kappa shape index (κ1) is 12.9. The van der Waals surface area contributed by atoms with Gasteiger partial charge >= 0.3 is 0 Å². The Kier molecular flexibility index (Phi) is 6.17. The summed E-state index contributed by atoms with van der Waals surface area (Å²) in [6.45, 7) is 4.62. The van der Waals surface area contributed by atoms with Gasteiger partial charge in [0.25, 0.3) is 0 Å². The van der Waals surface area contributed by atoms with E-state index >= 15 is 0 Å². The van der Waals surface area contributed by atoms with Crippen molar-refractivity contribution in [3.63, 3.8) is 0 Å². The third kappa shape index (κ3) is 3.72. The summed E-state index contributed by atoms with van der Waals surface area (Å²) >= 11 is 0. The average molecular weight is 217 g/mol.